The van der Waals surface area contributed by atoms with E-state index in [-0.39, 0.29) is 31.0 Å². The molecule has 2 amide bonds. The molecule has 28 heavy (non-hydrogen) atoms. The van der Waals surface area contributed by atoms with Crippen molar-refractivity contribution in [1.29, 1.82) is 0 Å². The highest BCUT2D eigenvalue weighted by molar-refractivity contribution is 7.89. The molecule has 0 aliphatic carbocycles. The van der Waals surface area contributed by atoms with Gasteiger partial charge in [0.2, 0.25) is 15.9 Å². The molecular weight excluding hydrogens is 385 g/mol. The number of sulfonamides is 1. The van der Waals surface area contributed by atoms with Crippen LogP contribution in [0.3, 0.4) is 0 Å². The van der Waals surface area contributed by atoms with E-state index in [4.69, 9.17) is 0 Å². The van der Waals surface area contributed by atoms with Gasteiger partial charge in [0.25, 0.3) is 5.91 Å². The predicted octanol–water partition coefficient (Wildman–Crippen LogP) is 1.81. The van der Waals surface area contributed by atoms with Gasteiger partial charge in [-0.2, -0.15) is 0 Å². The molecule has 9 heteroatoms. The van der Waals surface area contributed by atoms with Gasteiger partial charge in [0.05, 0.1) is 0 Å². The van der Waals surface area contributed by atoms with Crippen molar-refractivity contribution in [1.82, 2.24) is 14.9 Å². The summed E-state index contributed by atoms with van der Waals surface area (Å²) in [4.78, 5) is 25.7. The molecule has 0 atom stereocenters. The number of carbonyl (C=O) groups is 2. The van der Waals surface area contributed by atoms with Crippen LogP contribution in [0.15, 0.2) is 35.7 Å². The van der Waals surface area contributed by atoms with E-state index in [1.807, 2.05) is 4.90 Å². The lowest BCUT2D eigenvalue weighted by Gasteiger charge is -2.20. The summed E-state index contributed by atoms with van der Waals surface area (Å²) < 4.78 is 40.3. The van der Waals surface area contributed by atoms with Crippen LogP contribution in [0, 0.1) is 5.82 Å². The van der Waals surface area contributed by atoms with Crippen LogP contribution in [0.5, 0.6) is 0 Å². The van der Waals surface area contributed by atoms with E-state index < -0.39 is 26.6 Å². The number of hydrogen-bond acceptors (Lipinski definition) is 4. The number of carbonyl (C=O) groups excluding carboxylic acids is 2. The summed E-state index contributed by atoms with van der Waals surface area (Å²) in [7, 11) is -4.10. The van der Waals surface area contributed by atoms with Gasteiger partial charge in [-0.25, -0.2) is 17.5 Å². The van der Waals surface area contributed by atoms with Crippen LogP contribution < -0.4 is 10.0 Å². The number of benzene rings is 1. The van der Waals surface area contributed by atoms with Crippen molar-refractivity contribution in [3.8, 4) is 0 Å². The first kappa shape index (κ1) is 22.0. The standard InChI is InChI=1S/C19H26FN3O4S/c1-2-10-22-28(26,27)17-14-15(7-8-16(17)20)19(25)21-11-9-18(24)23-12-5-3-4-6-13-23/h2,7-8,14,22H,1,3-6,9-13H2,(H,21,25). The van der Waals surface area contributed by atoms with Crippen molar-refractivity contribution >= 4 is 21.8 Å². The molecule has 1 aliphatic rings. The quantitative estimate of drug-likeness (QED) is 0.638. The molecule has 1 aliphatic heterocycles. The van der Waals surface area contributed by atoms with Crippen molar-refractivity contribution in [3.63, 3.8) is 0 Å². The third-order valence-corrected chi connectivity index (χ3v) is 5.92. The summed E-state index contributed by atoms with van der Waals surface area (Å²) in [6, 6.07) is 3.11. The summed E-state index contributed by atoms with van der Waals surface area (Å²) >= 11 is 0. The maximum Gasteiger partial charge on any atom is 0.251 e. The fourth-order valence-corrected chi connectivity index (χ4v) is 4.06. The number of hydrogen-bond donors (Lipinski definition) is 2. The minimum Gasteiger partial charge on any atom is -0.352 e. The second kappa shape index (κ2) is 10.3. The second-order valence-electron chi connectivity index (χ2n) is 6.59. The van der Waals surface area contributed by atoms with E-state index in [1.165, 1.54) is 12.1 Å². The van der Waals surface area contributed by atoms with Crippen molar-refractivity contribution in [2.75, 3.05) is 26.2 Å². The summed E-state index contributed by atoms with van der Waals surface area (Å²) in [5.41, 5.74) is 0.00241. The van der Waals surface area contributed by atoms with Crippen LogP contribution in [0.1, 0.15) is 42.5 Å². The molecule has 0 unspecified atom stereocenters. The topological polar surface area (TPSA) is 95.6 Å². The van der Waals surface area contributed by atoms with Crippen LogP contribution in [0.2, 0.25) is 0 Å². The molecule has 1 aromatic carbocycles. The zero-order valence-electron chi connectivity index (χ0n) is 15.7. The smallest absolute Gasteiger partial charge is 0.251 e. The van der Waals surface area contributed by atoms with Crippen molar-refractivity contribution in [2.24, 2.45) is 0 Å². The van der Waals surface area contributed by atoms with Gasteiger partial charge in [-0.05, 0) is 31.0 Å². The lowest BCUT2D eigenvalue weighted by Crippen LogP contribution is -2.35. The third-order valence-electron chi connectivity index (χ3n) is 4.48. The molecule has 2 N–H and O–H groups in total. The molecule has 0 radical (unpaired) electrons. The zero-order valence-corrected chi connectivity index (χ0v) is 16.6. The van der Waals surface area contributed by atoms with E-state index in [1.54, 1.807) is 0 Å². The van der Waals surface area contributed by atoms with Crippen LogP contribution in [-0.2, 0) is 14.8 Å². The molecule has 1 heterocycles. The predicted molar refractivity (Wildman–Crippen MR) is 104 cm³/mol. The lowest BCUT2D eigenvalue weighted by atomic mass is 10.2. The lowest BCUT2D eigenvalue weighted by molar-refractivity contribution is -0.131. The van der Waals surface area contributed by atoms with E-state index >= 15 is 0 Å². The Morgan fingerprint density at radius 3 is 2.50 bits per heavy atom. The summed E-state index contributed by atoms with van der Waals surface area (Å²) in [6.07, 6.45) is 5.72. The average molecular weight is 411 g/mol. The fraction of sp³-hybridized carbons (Fsp3) is 0.474. The van der Waals surface area contributed by atoms with Crippen molar-refractivity contribution in [2.45, 2.75) is 37.0 Å². The van der Waals surface area contributed by atoms with Gasteiger partial charge in [-0.1, -0.05) is 18.9 Å². The van der Waals surface area contributed by atoms with Crippen LogP contribution >= 0.6 is 0 Å². The van der Waals surface area contributed by atoms with Gasteiger partial charge in [-0.15, -0.1) is 6.58 Å². The van der Waals surface area contributed by atoms with Crippen molar-refractivity contribution < 1.29 is 22.4 Å². The average Bonchev–Trinajstić information content (AvgIpc) is 2.96. The Labute approximate surface area is 165 Å². The van der Waals surface area contributed by atoms with Gasteiger partial charge < -0.3 is 10.2 Å². The molecule has 1 saturated heterocycles. The summed E-state index contributed by atoms with van der Waals surface area (Å²) in [5, 5.41) is 2.59. The fourth-order valence-electron chi connectivity index (χ4n) is 2.96. The molecule has 1 fully saturated rings. The molecule has 154 valence electrons. The zero-order chi connectivity index (χ0) is 20.6. The number of nitrogens with zero attached hydrogens (tertiary/aromatic N) is 1. The van der Waals surface area contributed by atoms with Gasteiger partial charge in [0, 0.05) is 38.2 Å². The van der Waals surface area contributed by atoms with Crippen LogP contribution in [0.4, 0.5) is 4.39 Å². The van der Waals surface area contributed by atoms with Gasteiger partial charge in [0.15, 0.2) is 0 Å². The van der Waals surface area contributed by atoms with E-state index in [0.717, 1.165) is 50.9 Å². The highest BCUT2D eigenvalue weighted by Gasteiger charge is 2.21. The number of likely N-dealkylation sites (tertiary alicyclic amines) is 1. The summed E-state index contributed by atoms with van der Waals surface area (Å²) in [6.45, 7) is 4.94. The van der Waals surface area contributed by atoms with Crippen LogP contribution in [0.25, 0.3) is 0 Å². The minimum absolute atomic E-state index is 0.00241. The van der Waals surface area contributed by atoms with Crippen LogP contribution in [-0.4, -0.2) is 51.3 Å². The largest absolute Gasteiger partial charge is 0.352 e. The number of rotatable bonds is 8. The highest BCUT2D eigenvalue weighted by atomic mass is 32.2. The number of nitrogens with one attached hydrogen (secondary N) is 2. The first-order valence-corrected chi connectivity index (χ1v) is 10.8. The molecule has 1 aromatic rings. The Balaban J connectivity index is 1.96. The molecule has 0 aromatic heterocycles. The minimum atomic E-state index is -4.10. The third kappa shape index (κ3) is 6.13. The Morgan fingerprint density at radius 1 is 1.18 bits per heavy atom. The monoisotopic (exact) mass is 411 g/mol. The van der Waals surface area contributed by atoms with E-state index in [2.05, 4.69) is 16.6 Å². The maximum atomic E-state index is 13.9. The van der Waals surface area contributed by atoms with Gasteiger partial charge >= 0.3 is 0 Å². The Morgan fingerprint density at radius 2 is 1.86 bits per heavy atom. The van der Waals surface area contributed by atoms with Gasteiger partial charge in [0.1, 0.15) is 10.7 Å². The molecular formula is C19H26FN3O4S. The molecule has 7 nitrogen and oxygen atoms in total. The Kier molecular flexibility index (Phi) is 8.13. The first-order valence-electron chi connectivity index (χ1n) is 9.31. The Hall–Kier alpha value is -2.26. The Bertz CT molecular complexity index is 818. The number of halogens is 1. The van der Waals surface area contributed by atoms with E-state index in [9.17, 15) is 22.4 Å². The second-order valence-corrected chi connectivity index (χ2v) is 8.32. The maximum absolute atomic E-state index is 13.9. The normalized spacial score (nSPS) is 15.0. The SMILES string of the molecule is C=CCNS(=O)(=O)c1cc(C(=O)NCCC(=O)N2CCCCCC2)ccc1F. The van der Waals surface area contributed by atoms with E-state index in [0.29, 0.717) is 0 Å². The van der Waals surface area contributed by atoms with Crippen molar-refractivity contribution in [3.05, 3.63) is 42.2 Å². The summed E-state index contributed by atoms with van der Waals surface area (Å²) in [5.74, 6) is -1.54. The number of amides is 2. The first-order chi connectivity index (χ1) is 13.3. The molecule has 0 saturated carbocycles. The van der Waals surface area contributed by atoms with Gasteiger partial charge in [-0.3, -0.25) is 9.59 Å². The highest BCUT2D eigenvalue weighted by Crippen LogP contribution is 2.16. The molecule has 0 spiro atoms. The molecule has 0 bridgehead atoms. The molecule has 2 rings (SSSR count).